The highest BCUT2D eigenvalue weighted by molar-refractivity contribution is 7.13. The number of carbonyl (C=O) groups is 1. The molecule has 37 heavy (non-hydrogen) atoms. The first-order chi connectivity index (χ1) is 18.1. The number of pyridine rings is 3. The number of fused-ring (bicyclic) bond motifs is 2. The van der Waals surface area contributed by atoms with Crippen LogP contribution in [0.25, 0.3) is 55.3 Å². The monoisotopic (exact) mass is 512 g/mol. The van der Waals surface area contributed by atoms with E-state index in [9.17, 15) is 9.18 Å². The summed E-state index contributed by atoms with van der Waals surface area (Å²) in [6.45, 7) is 2.05. The minimum Gasteiger partial charge on any atom is -0.336 e. The lowest BCUT2D eigenvalue weighted by molar-refractivity contribution is -0.116. The second-order valence-electron chi connectivity index (χ2n) is 8.55. The molecule has 0 aliphatic rings. The third-order valence-electron chi connectivity index (χ3n) is 5.96. The molecular weight excluding hydrogens is 491 g/mol. The van der Waals surface area contributed by atoms with Gasteiger partial charge in [0.15, 0.2) is 16.6 Å². The van der Waals surface area contributed by atoms with Crippen LogP contribution in [0.15, 0.2) is 55.1 Å². The van der Waals surface area contributed by atoms with Gasteiger partial charge in [-0.3, -0.25) is 19.9 Å². The summed E-state index contributed by atoms with van der Waals surface area (Å²) in [5.74, 6) is 0.511. The number of hydrogen-bond donors (Lipinski definition) is 3. The number of halogens is 1. The molecule has 6 rings (SSSR count). The summed E-state index contributed by atoms with van der Waals surface area (Å²) in [4.78, 5) is 34.2. The molecule has 0 unspecified atom stereocenters. The van der Waals surface area contributed by atoms with Gasteiger partial charge < -0.3 is 10.3 Å². The number of anilines is 1. The second kappa shape index (κ2) is 9.51. The summed E-state index contributed by atoms with van der Waals surface area (Å²) in [5.41, 5.74) is 5.48. The van der Waals surface area contributed by atoms with E-state index in [-0.39, 0.29) is 11.0 Å². The maximum atomic E-state index is 13.6. The van der Waals surface area contributed by atoms with Crippen molar-refractivity contribution in [3.8, 4) is 33.2 Å². The van der Waals surface area contributed by atoms with Gasteiger partial charge in [-0.2, -0.15) is 9.49 Å². The zero-order valence-corrected chi connectivity index (χ0v) is 20.6. The molecule has 0 fully saturated rings. The van der Waals surface area contributed by atoms with Crippen LogP contribution in [0.5, 0.6) is 0 Å². The van der Waals surface area contributed by atoms with E-state index in [1.807, 2.05) is 18.2 Å². The number of amides is 1. The number of carbonyl (C=O) groups excluding carboxylic acids is 1. The van der Waals surface area contributed by atoms with Gasteiger partial charge in [0, 0.05) is 36.1 Å². The van der Waals surface area contributed by atoms with Crippen LogP contribution in [-0.4, -0.2) is 41.0 Å². The largest absolute Gasteiger partial charge is 0.336 e. The first-order valence-electron chi connectivity index (χ1n) is 11.8. The summed E-state index contributed by atoms with van der Waals surface area (Å²) in [6.07, 6.45) is 9.03. The Kier molecular flexibility index (Phi) is 5.89. The van der Waals surface area contributed by atoms with Crippen molar-refractivity contribution >= 4 is 45.0 Å². The number of hydrogen-bond acceptors (Lipinski definition) is 7. The third kappa shape index (κ3) is 4.45. The zero-order valence-electron chi connectivity index (χ0n) is 19.7. The van der Waals surface area contributed by atoms with E-state index in [2.05, 4.69) is 42.4 Å². The third-order valence-corrected chi connectivity index (χ3v) is 6.84. The van der Waals surface area contributed by atoms with Crippen LogP contribution in [0.4, 0.5) is 10.1 Å². The van der Waals surface area contributed by atoms with E-state index in [1.165, 1.54) is 6.07 Å². The molecule has 6 aromatic rings. The van der Waals surface area contributed by atoms with Crippen molar-refractivity contribution in [2.45, 2.75) is 26.2 Å². The maximum absolute atomic E-state index is 13.6. The summed E-state index contributed by atoms with van der Waals surface area (Å²) in [5, 5.41) is 10.8. The predicted molar refractivity (Wildman–Crippen MR) is 141 cm³/mol. The summed E-state index contributed by atoms with van der Waals surface area (Å²) < 4.78 is 13.6. The first kappa shape index (κ1) is 22.9. The second-order valence-corrected chi connectivity index (χ2v) is 9.59. The Morgan fingerprint density at radius 1 is 1.08 bits per heavy atom. The fraction of sp³-hybridized carbons (Fsp3) is 0.154. The van der Waals surface area contributed by atoms with E-state index in [1.54, 1.807) is 30.9 Å². The molecule has 0 aliphatic heterocycles. The number of aromatic nitrogens is 7. The molecule has 6 heterocycles. The standard InChI is InChI=1S/C26H21FN8OS/c1-2-3-4-21(36)31-16-9-14(11-28-13-16)15-10-17-22(34-35-25(17)30-12-15)26-32-18-7-8-29-24(23(18)33-26)19-5-6-20(27)37-19/h5-13H,2-4H2,1H3,(H,31,36)(H,32,33)(H,30,34,35). The molecule has 0 spiro atoms. The molecule has 0 atom stereocenters. The van der Waals surface area contributed by atoms with E-state index in [0.717, 1.165) is 46.2 Å². The van der Waals surface area contributed by atoms with Crippen LogP contribution in [0.2, 0.25) is 0 Å². The number of imidazole rings is 1. The molecule has 0 saturated carbocycles. The number of H-pyrrole nitrogens is 2. The van der Waals surface area contributed by atoms with Gasteiger partial charge in [-0.05, 0) is 36.8 Å². The minimum absolute atomic E-state index is 0.0319. The van der Waals surface area contributed by atoms with Gasteiger partial charge >= 0.3 is 0 Å². The highest BCUT2D eigenvalue weighted by Gasteiger charge is 2.18. The van der Waals surface area contributed by atoms with Crippen LogP contribution in [-0.2, 0) is 4.79 Å². The molecule has 0 aromatic carbocycles. The van der Waals surface area contributed by atoms with Gasteiger partial charge in [0.1, 0.15) is 16.9 Å². The smallest absolute Gasteiger partial charge is 0.224 e. The molecule has 11 heteroatoms. The zero-order chi connectivity index (χ0) is 25.4. The molecule has 9 nitrogen and oxygen atoms in total. The molecule has 1 amide bonds. The maximum Gasteiger partial charge on any atom is 0.224 e. The average molecular weight is 513 g/mol. The lowest BCUT2D eigenvalue weighted by Gasteiger charge is -2.07. The number of unbranched alkanes of at least 4 members (excludes halogenated alkanes) is 1. The quantitative estimate of drug-likeness (QED) is 0.243. The van der Waals surface area contributed by atoms with Crippen LogP contribution >= 0.6 is 11.3 Å². The van der Waals surface area contributed by atoms with Crippen molar-refractivity contribution in [2.24, 2.45) is 0 Å². The van der Waals surface area contributed by atoms with Crippen LogP contribution in [0.3, 0.4) is 0 Å². The number of nitrogens with one attached hydrogen (secondary N) is 3. The highest BCUT2D eigenvalue weighted by Crippen LogP contribution is 2.33. The van der Waals surface area contributed by atoms with Crippen molar-refractivity contribution in [3.05, 3.63) is 60.3 Å². The van der Waals surface area contributed by atoms with Gasteiger partial charge in [-0.1, -0.05) is 13.3 Å². The van der Waals surface area contributed by atoms with Crippen LogP contribution < -0.4 is 5.32 Å². The molecule has 3 N–H and O–H groups in total. The van der Waals surface area contributed by atoms with Crippen molar-refractivity contribution in [1.29, 1.82) is 0 Å². The Hall–Kier alpha value is -4.51. The van der Waals surface area contributed by atoms with E-state index in [0.29, 0.717) is 45.4 Å². The van der Waals surface area contributed by atoms with Gasteiger partial charge in [0.05, 0.1) is 27.7 Å². The fourth-order valence-corrected chi connectivity index (χ4v) is 4.87. The molecular formula is C26H21FN8OS. The van der Waals surface area contributed by atoms with Crippen LogP contribution in [0.1, 0.15) is 26.2 Å². The molecule has 0 aliphatic carbocycles. The van der Waals surface area contributed by atoms with Crippen molar-refractivity contribution in [2.75, 3.05) is 5.32 Å². The molecule has 184 valence electrons. The number of thiophene rings is 1. The fourth-order valence-electron chi connectivity index (χ4n) is 4.14. The highest BCUT2D eigenvalue weighted by atomic mass is 32.1. The van der Waals surface area contributed by atoms with Crippen molar-refractivity contribution in [3.63, 3.8) is 0 Å². The topological polar surface area (TPSA) is 125 Å². The number of rotatable bonds is 7. The van der Waals surface area contributed by atoms with E-state index < -0.39 is 0 Å². The molecule has 6 aromatic heterocycles. The normalized spacial score (nSPS) is 11.4. The van der Waals surface area contributed by atoms with Gasteiger partial charge in [-0.25, -0.2) is 9.97 Å². The summed E-state index contributed by atoms with van der Waals surface area (Å²) in [6, 6.07) is 8.78. The Morgan fingerprint density at radius 2 is 1.97 bits per heavy atom. The van der Waals surface area contributed by atoms with Gasteiger partial charge in [0.25, 0.3) is 0 Å². The minimum atomic E-state index is -0.277. The Morgan fingerprint density at radius 3 is 2.81 bits per heavy atom. The van der Waals surface area contributed by atoms with E-state index >= 15 is 0 Å². The average Bonchev–Trinajstić information content (AvgIpc) is 3.64. The number of nitrogens with zero attached hydrogens (tertiary/aromatic N) is 5. The lowest BCUT2D eigenvalue weighted by Crippen LogP contribution is -2.11. The molecule has 0 bridgehead atoms. The van der Waals surface area contributed by atoms with Crippen LogP contribution in [0, 0.1) is 5.13 Å². The Labute approximate surface area is 214 Å². The lowest BCUT2D eigenvalue weighted by atomic mass is 10.1. The van der Waals surface area contributed by atoms with E-state index in [4.69, 9.17) is 4.98 Å². The van der Waals surface area contributed by atoms with Gasteiger partial charge in [0.2, 0.25) is 5.91 Å². The number of aromatic amines is 2. The summed E-state index contributed by atoms with van der Waals surface area (Å²) >= 11 is 1.03. The molecule has 0 saturated heterocycles. The Balaban J connectivity index is 1.37. The van der Waals surface area contributed by atoms with Crippen molar-refractivity contribution < 1.29 is 9.18 Å². The Bertz CT molecular complexity index is 1750. The van der Waals surface area contributed by atoms with Crippen molar-refractivity contribution in [1.82, 2.24) is 35.1 Å². The first-order valence-corrected chi connectivity index (χ1v) is 12.6. The SMILES string of the molecule is CCCCC(=O)Nc1cncc(-c2cnc3[nH]nc(-c4nc5c(-c6ccc(F)s6)nccc5[nH]4)c3c2)c1. The van der Waals surface area contributed by atoms with Gasteiger partial charge in [-0.15, -0.1) is 11.3 Å². The summed E-state index contributed by atoms with van der Waals surface area (Å²) in [7, 11) is 0. The predicted octanol–water partition coefficient (Wildman–Crippen LogP) is 5.95. The molecule has 0 radical (unpaired) electrons.